The number of anilines is 1. The van der Waals surface area contributed by atoms with Crippen molar-refractivity contribution in [3.8, 4) is 0 Å². The zero-order chi connectivity index (χ0) is 15.6. The van der Waals surface area contributed by atoms with Gasteiger partial charge >= 0.3 is 6.18 Å². The molecule has 21 heavy (non-hydrogen) atoms. The second-order valence-electron chi connectivity index (χ2n) is 4.37. The molecule has 2 aromatic carbocycles. The highest BCUT2D eigenvalue weighted by atomic mass is 32.2. The number of alkyl halides is 3. The normalized spacial score (nSPS) is 13.1. The Morgan fingerprint density at radius 3 is 2.43 bits per heavy atom. The highest BCUT2D eigenvalue weighted by molar-refractivity contribution is 7.84. The number of rotatable bonds is 3. The Balaban J connectivity index is 2.21. The molecule has 0 radical (unpaired) electrons. The van der Waals surface area contributed by atoms with Gasteiger partial charge < -0.3 is 5.73 Å². The van der Waals surface area contributed by atoms with Crippen molar-refractivity contribution in [1.82, 2.24) is 0 Å². The molecular weight excluding hydrogens is 306 g/mol. The van der Waals surface area contributed by atoms with E-state index in [-0.39, 0.29) is 21.9 Å². The molecule has 2 aromatic rings. The maximum absolute atomic E-state index is 13.3. The molecule has 1 unspecified atom stereocenters. The van der Waals surface area contributed by atoms with Crippen LogP contribution >= 0.6 is 0 Å². The minimum atomic E-state index is -4.45. The second-order valence-corrected chi connectivity index (χ2v) is 5.82. The number of hydrogen-bond donors (Lipinski definition) is 1. The molecule has 1 atom stereocenters. The van der Waals surface area contributed by atoms with Crippen molar-refractivity contribution >= 4 is 16.5 Å². The van der Waals surface area contributed by atoms with Crippen molar-refractivity contribution < 1.29 is 21.8 Å². The quantitative estimate of drug-likeness (QED) is 0.692. The SMILES string of the molecule is Nc1ccc(S(=O)Cc2cccc(C(F)(F)F)c2)cc1F. The third-order valence-corrected chi connectivity index (χ3v) is 4.16. The predicted molar refractivity (Wildman–Crippen MR) is 72.4 cm³/mol. The van der Waals surface area contributed by atoms with E-state index in [1.54, 1.807) is 0 Å². The van der Waals surface area contributed by atoms with Crippen molar-refractivity contribution in [3.63, 3.8) is 0 Å². The molecule has 0 aliphatic rings. The Morgan fingerprint density at radius 2 is 1.81 bits per heavy atom. The maximum atomic E-state index is 13.3. The Morgan fingerprint density at radius 1 is 1.10 bits per heavy atom. The lowest BCUT2D eigenvalue weighted by atomic mass is 10.1. The van der Waals surface area contributed by atoms with Crippen LogP contribution in [0.1, 0.15) is 11.1 Å². The molecule has 0 saturated carbocycles. The number of nitrogens with two attached hydrogens (primary N) is 1. The molecule has 0 spiro atoms. The van der Waals surface area contributed by atoms with E-state index in [9.17, 15) is 21.8 Å². The second kappa shape index (κ2) is 5.85. The van der Waals surface area contributed by atoms with Gasteiger partial charge in [-0.25, -0.2) is 4.39 Å². The number of halogens is 4. The highest BCUT2D eigenvalue weighted by Crippen LogP contribution is 2.30. The van der Waals surface area contributed by atoms with Crippen LogP contribution < -0.4 is 5.73 Å². The number of benzene rings is 2. The predicted octanol–water partition coefficient (Wildman–Crippen LogP) is 3.73. The topological polar surface area (TPSA) is 43.1 Å². The van der Waals surface area contributed by atoms with E-state index in [1.165, 1.54) is 24.3 Å². The van der Waals surface area contributed by atoms with E-state index < -0.39 is 28.4 Å². The minimum Gasteiger partial charge on any atom is -0.396 e. The number of nitrogen functional groups attached to an aromatic ring is 1. The van der Waals surface area contributed by atoms with Gasteiger partial charge in [0, 0.05) is 4.90 Å². The summed E-state index contributed by atoms with van der Waals surface area (Å²) in [7, 11) is -1.65. The summed E-state index contributed by atoms with van der Waals surface area (Å²) in [6.07, 6.45) is -4.45. The average Bonchev–Trinajstić information content (AvgIpc) is 2.41. The van der Waals surface area contributed by atoms with Gasteiger partial charge in [-0.1, -0.05) is 18.2 Å². The molecule has 0 saturated heterocycles. The molecule has 0 aliphatic carbocycles. The molecule has 0 heterocycles. The van der Waals surface area contributed by atoms with Crippen LogP contribution in [0.2, 0.25) is 0 Å². The van der Waals surface area contributed by atoms with Gasteiger partial charge in [0.15, 0.2) is 0 Å². The van der Waals surface area contributed by atoms with Crippen LogP contribution in [0.5, 0.6) is 0 Å². The summed E-state index contributed by atoms with van der Waals surface area (Å²) in [5, 5.41) is 0. The molecule has 7 heteroatoms. The monoisotopic (exact) mass is 317 g/mol. The van der Waals surface area contributed by atoms with Crippen LogP contribution in [0.3, 0.4) is 0 Å². The van der Waals surface area contributed by atoms with Crippen molar-refractivity contribution in [1.29, 1.82) is 0 Å². The standard InChI is InChI=1S/C14H11F4NOS/c15-12-7-11(4-5-13(12)19)21(20)8-9-2-1-3-10(6-9)14(16,17)18/h1-7H,8,19H2. The van der Waals surface area contributed by atoms with Gasteiger partial charge in [0.05, 0.1) is 27.8 Å². The van der Waals surface area contributed by atoms with E-state index >= 15 is 0 Å². The molecule has 2 nitrogen and oxygen atoms in total. The first kappa shape index (κ1) is 15.5. The molecule has 112 valence electrons. The Labute approximate surface area is 121 Å². The van der Waals surface area contributed by atoms with Gasteiger partial charge in [-0.3, -0.25) is 4.21 Å². The van der Waals surface area contributed by atoms with Crippen molar-refractivity contribution in [2.45, 2.75) is 16.8 Å². The largest absolute Gasteiger partial charge is 0.416 e. The van der Waals surface area contributed by atoms with Crippen LogP contribution in [0.4, 0.5) is 23.2 Å². The van der Waals surface area contributed by atoms with Gasteiger partial charge in [0.25, 0.3) is 0 Å². The first-order chi connectivity index (χ1) is 9.77. The van der Waals surface area contributed by atoms with Crippen LogP contribution in [-0.2, 0) is 22.7 Å². The lowest BCUT2D eigenvalue weighted by Crippen LogP contribution is -2.06. The summed E-state index contributed by atoms with van der Waals surface area (Å²) in [5.74, 6) is -0.835. The van der Waals surface area contributed by atoms with Crippen LogP contribution in [-0.4, -0.2) is 4.21 Å². The van der Waals surface area contributed by atoms with Crippen LogP contribution in [0.25, 0.3) is 0 Å². The highest BCUT2D eigenvalue weighted by Gasteiger charge is 2.30. The fourth-order valence-corrected chi connectivity index (χ4v) is 2.83. The van der Waals surface area contributed by atoms with Gasteiger partial charge in [-0.15, -0.1) is 0 Å². The lowest BCUT2D eigenvalue weighted by Gasteiger charge is -2.09. The lowest BCUT2D eigenvalue weighted by molar-refractivity contribution is -0.137. The minimum absolute atomic E-state index is 0.0742. The maximum Gasteiger partial charge on any atom is 0.416 e. The molecule has 0 aliphatic heterocycles. The van der Waals surface area contributed by atoms with E-state index in [0.29, 0.717) is 0 Å². The molecule has 0 fully saturated rings. The van der Waals surface area contributed by atoms with Crippen molar-refractivity contribution in [2.75, 3.05) is 5.73 Å². The first-order valence-electron chi connectivity index (χ1n) is 5.87. The van der Waals surface area contributed by atoms with Crippen LogP contribution in [0, 0.1) is 5.82 Å². The van der Waals surface area contributed by atoms with E-state index in [1.807, 2.05) is 0 Å². The summed E-state index contributed by atoms with van der Waals surface area (Å²) in [5.41, 5.74) is 4.70. The van der Waals surface area contributed by atoms with Gasteiger partial charge in [0.1, 0.15) is 5.82 Å². The third kappa shape index (κ3) is 3.81. The summed E-state index contributed by atoms with van der Waals surface area (Å²) < 4.78 is 63.1. The fraction of sp³-hybridized carbons (Fsp3) is 0.143. The first-order valence-corrected chi connectivity index (χ1v) is 7.19. The molecule has 2 N–H and O–H groups in total. The average molecular weight is 317 g/mol. The Bertz CT molecular complexity index is 685. The van der Waals surface area contributed by atoms with Crippen LogP contribution in [0.15, 0.2) is 47.4 Å². The zero-order valence-corrected chi connectivity index (χ0v) is 11.5. The Hall–Kier alpha value is -1.89. The van der Waals surface area contributed by atoms with E-state index in [4.69, 9.17) is 5.73 Å². The smallest absolute Gasteiger partial charge is 0.396 e. The fourth-order valence-electron chi connectivity index (χ4n) is 1.72. The third-order valence-electron chi connectivity index (χ3n) is 2.79. The summed E-state index contributed by atoms with van der Waals surface area (Å²) in [6.45, 7) is 0. The molecule has 0 aromatic heterocycles. The van der Waals surface area contributed by atoms with Gasteiger partial charge in [-0.05, 0) is 29.8 Å². The zero-order valence-electron chi connectivity index (χ0n) is 10.7. The van der Waals surface area contributed by atoms with E-state index in [2.05, 4.69) is 0 Å². The van der Waals surface area contributed by atoms with Crippen molar-refractivity contribution in [3.05, 3.63) is 59.4 Å². The molecule has 0 amide bonds. The number of hydrogen-bond acceptors (Lipinski definition) is 2. The Kier molecular flexibility index (Phi) is 4.32. The van der Waals surface area contributed by atoms with E-state index in [0.717, 1.165) is 18.2 Å². The molecule has 0 bridgehead atoms. The van der Waals surface area contributed by atoms with Crippen molar-refractivity contribution in [2.24, 2.45) is 0 Å². The summed E-state index contributed by atoms with van der Waals surface area (Å²) >= 11 is 0. The van der Waals surface area contributed by atoms with Gasteiger partial charge in [-0.2, -0.15) is 13.2 Å². The molecule has 2 rings (SSSR count). The van der Waals surface area contributed by atoms with Gasteiger partial charge in [0.2, 0.25) is 0 Å². The summed E-state index contributed by atoms with van der Waals surface area (Å²) in [4.78, 5) is 0.180. The summed E-state index contributed by atoms with van der Waals surface area (Å²) in [6, 6.07) is 8.26. The molecular formula is C14H11F4NOS.